The number of aryl methyl sites for hydroxylation is 1. The Labute approximate surface area is 234 Å². The molecule has 40 heavy (non-hydrogen) atoms. The van der Waals surface area contributed by atoms with E-state index in [-0.39, 0.29) is 34.1 Å². The van der Waals surface area contributed by atoms with Crippen LogP contribution in [-0.2, 0) is 20.7 Å². The number of ether oxygens (including phenoxy) is 2. The number of carbonyl (C=O) groups is 3. The first-order valence-corrected chi connectivity index (χ1v) is 13.8. The number of aromatic nitrogens is 1. The van der Waals surface area contributed by atoms with Crippen molar-refractivity contribution in [3.8, 4) is 5.75 Å². The summed E-state index contributed by atoms with van der Waals surface area (Å²) in [5.74, 6) is -1.75. The number of esters is 1. The number of Topliss-reactive ketones (excluding diaryl/α,β-unsaturated/α-hetero) is 1. The van der Waals surface area contributed by atoms with E-state index in [1.807, 2.05) is 49.4 Å². The topological polar surface area (TPSA) is 106 Å². The fourth-order valence-corrected chi connectivity index (χ4v) is 6.40. The Bertz CT molecular complexity index is 1730. The molecule has 4 aromatic rings. The van der Waals surface area contributed by atoms with Crippen LogP contribution in [0.2, 0.25) is 0 Å². The van der Waals surface area contributed by atoms with E-state index < -0.39 is 23.7 Å². The summed E-state index contributed by atoms with van der Waals surface area (Å²) < 4.78 is 11.0. The third-order valence-electron chi connectivity index (χ3n) is 7.18. The molecule has 2 aliphatic rings. The number of rotatable bonds is 5. The molecule has 1 fully saturated rings. The van der Waals surface area contributed by atoms with Crippen molar-refractivity contribution in [3.63, 3.8) is 0 Å². The van der Waals surface area contributed by atoms with Crippen LogP contribution < -0.4 is 9.64 Å². The summed E-state index contributed by atoms with van der Waals surface area (Å²) in [6, 6.07) is 17.6. The normalized spacial score (nSPS) is 19.6. The van der Waals surface area contributed by atoms with E-state index in [1.165, 1.54) is 4.90 Å². The molecule has 3 aromatic carbocycles. The SMILES string of the molecule is CCOC(=O)c1sc(N2C(=O)C(=O)/C(=C(/O)c3ccc4c(c3)CC(C)O4)C2c2cccc3ccccc23)nc1C. The summed E-state index contributed by atoms with van der Waals surface area (Å²) in [5.41, 5.74) is 2.34. The summed E-state index contributed by atoms with van der Waals surface area (Å²) in [6.07, 6.45) is 0.683. The lowest BCUT2D eigenvalue weighted by Gasteiger charge is -2.24. The molecule has 0 spiro atoms. The molecule has 6 rings (SSSR count). The quantitative estimate of drug-likeness (QED) is 0.145. The number of anilines is 1. The van der Waals surface area contributed by atoms with Crippen LogP contribution in [0.4, 0.5) is 5.13 Å². The number of hydrogen-bond acceptors (Lipinski definition) is 8. The smallest absolute Gasteiger partial charge is 0.350 e. The molecule has 1 aromatic heterocycles. The van der Waals surface area contributed by atoms with Gasteiger partial charge in [0.25, 0.3) is 5.78 Å². The van der Waals surface area contributed by atoms with Gasteiger partial charge in [-0.1, -0.05) is 53.8 Å². The molecule has 1 amide bonds. The van der Waals surface area contributed by atoms with Gasteiger partial charge in [0.05, 0.1) is 23.9 Å². The Morgan fingerprint density at radius 3 is 2.73 bits per heavy atom. The van der Waals surface area contributed by atoms with E-state index >= 15 is 0 Å². The molecule has 1 saturated heterocycles. The molecule has 2 atom stereocenters. The number of nitrogens with zero attached hydrogens (tertiary/aromatic N) is 2. The standard InChI is InChI=1S/C31H26N2O6S/c1-4-38-30(37)28-17(3)32-31(40-28)33-25(22-11-7-9-18-8-5-6-10-21(18)22)24(27(35)29(33)36)26(34)19-12-13-23-20(15-19)14-16(2)39-23/h5-13,15-16,25,34H,4,14H2,1-3H3/b26-24+. The molecule has 202 valence electrons. The molecule has 2 unspecified atom stereocenters. The van der Waals surface area contributed by atoms with Gasteiger partial charge in [0, 0.05) is 12.0 Å². The van der Waals surface area contributed by atoms with Crippen molar-refractivity contribution in [1.82, 2.24) is 4.98 Å². The van der Waals surface area contributed by atoms with Crippen LogP contribution in [0.3, 0.4) is 0 Å². The summed E-state index contributed by atoms with van der Waals surface area (Å²) in [5, 5.41) is 13.6. The van der Waals surface area contributed by atoms with Crippen molar-refractivity contribution in [3.05, 3.63) is 93.5 Å². The zero-order chi connectivity index (χ0) is 28.1. The van der Waals surface area contributed by atoms with Crippen molar-refractivity contribution < 1.29 is 29.0 Å². The van der Waals surface area contributed by atoms with Gasteiger partial charge in [-0.05, 0) is 60.9 Å². The highest BCUT2D eigenvalue weighted by Gasteiger charge is 2.49. The minimum Gasteiger partial charge on any atom is -0.507 e. The molecule has 9 heteroatoms. The first-order valence-electron chi connectivity index (χ1n) is 13.0. The Morgan fingerprint density at radius 1 is 1.15 bits per heavy atom. The monoisotopic (exact) mass is 554 g/mol. The van der Waals surface area contributed by atoms with Crippen LogP contribution in [0.5, 0.6) is 5.75 Å². The maximum atomic E-state index is 13.7. The van der Waals surface area contributed by atoms with E-state index in [2.05, 4.69) is 4.98 Å². The first-order chi connectivity index (χ1) is 19.3. The molecule has 0 saturated carbocycles. The zero-order valence-electron chi connectivity index (χ0n) is 22.1. The fraction of sp³-hybridized carbons (Fsp3) is 0.226. The van der Waals surface area contributed by atoms with E-state index in [1.54, 1.807) is 32.0 Å². The van der Waals surface area contributed by atoms with Crippen LogP contribution in [-0.4, -0.2) is 40.5 Å². The highest BCUT2D eigenvalue weighted by molar-refractivity contribution is 7.17. The third-order valence-corrected chi connectivity index (χ3v) is 8.32. The van der Waals surface area contributed by atoms with Gasteiger partial charge in [-0.2, -0.15) is 0 Å². The lowest BCUT2D eigenvalue weighted by Crippen LogP contribution is -2.29. The predicted octanol–water partition coefficient (Wildman–Crippen LogP) is 5.73. The minimum absolute atomic E-state index is 0.00963. The molecule has 8 nitrogen and oxygen atoms in total. The highest BCUT2D eigenvalue weighted by Crippen LogP contribution is 2.46. The van der Waals surface area contributed by atoms with Crippen molar-refractivity contribution in [1.29, 1.82) is 0 Å². The van der Waals surface area contributed by atoms with Gasteiger partial charge in [0.2, 0.25) is 0 Å². The molecule has 0 aliphatic carbocycles. The predicted molar refractivity (Wildman–Crippen MR) is 152 cm³/mol. The maximum absolute atomic E-state index is 13.7. The van der Waals surface area contributed by atoms with Gasteiger partial charge in [0.15, 0.2) is 5.13 Å². The highest BCUT2D eigenvalue weighted by atomic mass is 32.1. The fourth-order valence-electron chi connectivity index (χ4n) is 5.41. The van der Waals surface area contributed by atoms with Crippen molar-refractivity contribution in [2.24, 2.45) is 0 Å². The number of aliphatic hydroxyl groups is 1. The van der Waals surface area contributed by atoms with Crippen LogP contribution in [0, 0.1) is 6.92 Å². The molecular weight excluding hydrogens is 528 g/mol. The lowest BCUT2D eigenvalue weighted by molar-refractivity contribution is -0.132. The van der Waals surface area contributed by atoms with Crippen LogP contribution in [0.15, 0.2) is 66.2 Å². The van der Waals surface area contributed by atoms with Crippen LogP contribution >= 0.6 is 11.3 Å². The van der Waals surface area contributed by atoms with Gasteiger partial charge >= 0.3 is 11.9 Å². The number of carbonyl (C=O) groups excluding carboxylic acids is 3. The first kappa shape index (κ1) is 25.8. The second-order valence-corrected chi connectivity index (χ2v) is 10.8. The summed E-state index contributed by atoms with van der Waals surface area (Å²) in [4.78, 5) is 46.0. The number of amides is 1. The second-order valence-electron chi connectivity index (χ2n) is 9.82. The van der Waals surface area contributed by atoms with Crippen molar-refractivity contribution >= 4 is 50.7 Å². The maximum Gasteiger partial charge on any atom is 0.350 e. The van der Waals surface area contributed by atoms with Crippen molar-refractivity contribution in [2.75, 3.05) is 11.5 Å². The van der Waals surface area contributed by atoms with Gasteiger partial charge < -0.3 is 14.6 Å². The number of benzene rings is 3. The summed E-state index contributed by atoms with van der Waals surface area (Å²) in [6.45, 7) is 5.52. The third kappa shape index (κ3) is 4.14. The summed E-state index contributed by atoms with van der Waals surface area (Å²) in [7, 11) is 0. The minimum atomic E-state index is -0.977. The average Bonchev–Trinajstić information content (AvgIpc) is 3.59. The summed E-state index contributed by atoms with van der Waals surface area (Å²) >= 11 is 0.987. The molecular formula is C31H26N2O6S. The Morgan fingerprint density at radius 2 is 1.93 bits per heavy atom. The molecule has 0 radical (unpaired) electrons. The average molecular weight is 555 g/mol. The van der Waals surface area contributed by atoms with Gasteiger partial charge in [-0.25, -0.2) is 9.78 Å². The number of hydrogen-bond donors (Lipinski definition) is 1. The Balaban J connectivity index is 1.57. The number of thiazole rings is 1. The van der Waals surface area contributed by atoms with Gasteiger partial charge in [-0.15, -0.1) is 0 Å². The van der Waals surface area contributed by atoms with E-state index in [0.29, 0.717) is 23.2 Å². The molecule has 0 bridgehead atoms. The number of ketones is 1. The van der Waals surface area contributed by atoms with E-state index in [9.17, 15) is 19.5 Å². The Kier molecular flexibility index (Phi) is 6.38. The van der Waals surface area contributed by atoms with Gasteiger partial charge in [-0.3, -0.25) is 14.5 Å². The lowest BCUT2D eigenvalue weighted by atomic mass is 9.91. The van der Waals surface area contributed by atoms with E-state index in [4.69, 9.17) is 9.47 Å². The second kappa shape index (κ2) is 9.91. The molecule has 1 N–H and O–H groups in total. The number of fused-ring (bicyclic) bond motifs is 2. The molecule has 2 aliphatic heterocycles. The zero-order valence-corrected chi connectivity index (χ0v) is 23.0. The van der Waals surface area contributed by atoms with Crippen LogP contribution in [0.1, 0.15) is 51.9 Å². The van der Waals surface area contributed by atoms with Gasteiger partial charge in [0.1, 0.15) is 22.5 Å². The van der Waals surface area contributed by atoms with Crippen molar-refractivity contribution in [2.45, 2.75) is 39.3 Å². The van der Waals surface area contributed by atoms with Crippen LogP contribution in [0.25, 0.3) is 16.5 Å². The largest absolute Gasteiger partial charge is 0.507 e. The number of aliphatic hydroxyl groups excluding tert-OH is 1. The molecule has 3 heterocycles. The Hall–Kier alpha value is -4.50. The van der Waals surface area contributed by atoms with E-state index in [0.717, 1.165) is 33.4 Å².